The average molecular weight is 315 g/mol. The van der Waals surface area contributed by atoms with Crippen LogP contribution in [0.4, 0.5) is 5.13 Å². The van der Waals surface area contributed by atoms with Gasteiger partial charge in [0, 0.05) is 5.92 Å². The Morgan fingerprint density at radius 3 is 2.73 bits per heavy atom. The summed E-state index contributed by atoms with van der Waals surface area (Å²) in [6, 6.07) is 6.44. The molecule has 116 valence electrons. The van der Waals surface area contributed by atoms with Crippen LogP contribution in [-0.2, 0) is 24.1 Å². The molecule has 4 nitrogen and oxygen atoms in total. The van der Waals surface area contributed by atoms with Crippen molar-refractivity contribution in [3.05, 3.63) is 39.9 Å². The fourth-order valence-electron chi connectivity index (χ4n) is 2.76. The summed E-state index contributed by atoms with van der Waals surface area (Å²) in [4.78, 5) is 12.2. The molecule has 1 aliphatic carbocycles. The zero-order valence-electron chi connectivity index (χ0n) is 13.1. The van der Waals surface area contributed by atoms with Crippen molar-refractivity contribution in [2.75, 3.05) is 5.32 Å². The molecule has 0 fully saturated rings. The summed E-state index contributed by atoms with van der Waals surface area (Å²) in [5.41, 5.74) is 3.93. The van der Waals surface area contributed by atoms with Gasteiger partial charge in [0.15, 0.2) is 0 Å². The SMILES string of the molecule is CC(C)c1nnc(NC(=O)Cc2ccc3c(c2)CCCC3)s1. The first-order chi connectivity index (χ1) is 10.6. The first-order valence-electron chi connectivity index (χ1n) is 7.86. The molecule has 22 heavy (non-hydrogen) atoms. The van der Waals surface area contributed by atoms with Crippen LogP contribution < -0.4 is 5.32 Å². The number of aromatic nitrogens is 2. The second-order valence-corrected chi connectivity index (χ2v) is 7.14. The molecule has 2 aromatic rings. The van der Waals surface area contributed by atoms with E-state index >= 15 is 0 Å². The zero-order valence-corrected chi connectivity index (χ0v) is 13.9. The lowest BCUT2D eigenvalue weighted by Gasteiger charge is -2.16. The maximum Gasteiger partial charge on any atom is 0.230 e. The smallest absolute Gasteiger partial charge is 0.230 e. The summed E-state index contributed by atoms with van der Waals surface area (Å²) < 4.78 is 0. The molecule has 1 N–H and O–H groups in total. The summed E-state index contributed by atoms with van der Waals surface area (Å²) in [6.07, 6.45) is 5.24. The number of fused-ring (bicyclic) bond motifs is 1. The van der Waals surface area contributed by atoms with Crippen LogP contribution >= 0.6 is 11.3 Å². The molecule has 0 saturated carbocycles. The minimum absolute atomic E-state index is 0.0257. The van der Waals surface area contributed by atoms with Crippen molar-refractivity contribution in [1.82, 2.24) is 10.2 Å². The fourth-order valence-corrected chi connectivity index (χ4v) is 3.53. The highest BCUT2D eigenvalue weighted by Crippen LogP contribution is 2.24. The zero-order chi connectivity index (χ0) is 15.5. The summed E-state index contributed by atoms with van der Waals surface area (Å²) >= 11 is 1.45. The van der Waals surface area contributed by atoms with Crippen LogP contribution in [-0.4, -0.2) is 16.1 Å². The van der Waals surface area contributed by atoms with Gasteiger partial charge in [0.05, 0.1) is 6.42 Å². The van der Waals surface area contributed by atoms with E-state index in [-0.39, 0.29) is 5.91 Å². The Morgan fingerprint density at radius 1 is 1.23 bits per heavy atom. The van der Waals surface area contributed by atoms with Crippen molar-refractivity contribution >= 4 is 22.4 Å². The predicted octanol–water partition coefficient (Wildman–Crippen LogP) is 3.72. The van der Waals surface area contributed by atoms with Crippen LogP contribution in [0.5, 0.6) is 0 Å². The lowest BCUT2D eigenvalue weighted by Crippen LogP contribution is -2.15. The molecule has 0 atom stereocenters. The average Bonchev–Trinajstić information content (AvgIpc) is 2.95. The van der Waals surface area contributed by atoms with Crippen molar-refractivity contribution in [2.24, 2.45) is 0 Å². The van der Waals surface area contributed by atoms with Gasteiger partial charge in [-0.1, -0.05) is 43.4 Å². The van der Waals surface area contributed by atoms with Gasteiger partial charge in [-0.25, -0.2) is 0 Å². The van der Waals surface area contributed by atoms with Crippen LogP contribution in [0.15, 0.2) is 18.2 Å². The van der Waals surface area contributed by atoms with Crippen molar-refractivity contribution < 1.29 is 4.79 Å². The third kappa shape index (κ3) is 3.53. The highest BCUT2D eigenvalue weighted by Gasteiger charge is 2.13. The van der Waals surface area contributed by atoms with Crippen molar-refractivity contribution in [3.63, 3.8) is 0 Å². The summed E-state index contributed by atoms with van der Waals surface area (Å²) in [5, 5.41) is 12.5. The van der Waals surface area contributed by atoms with E-state index in [2.05, 4.69) is 47.6 Å². The Labute approximate surface area is 135 Å². The van der Waals surface area contributed by atoms with E-state index in [1.807, 2.05) is 0 Å². The molecule has 0 spiro atoms. The van der Waals surface area contributed by atoms with E-state index in [0.717, 1.165) is 17.0 Å². The Balaban J connectivity index is 1.63. The summed E-state index contributed by atoms with van der Waals surface area (Å²) in [7, 11) is 0. The standard InChI is InChI=1S/C17H21N3OS/c1-11(2)16-19-20-17(22-16)18-15(21)10-12-7-8-13-5-3-4-6-14(13)9-12/h7-9,11H,3-6,10H2,1-2H3,(H,18,20,21). The first kappa shape index (κ1) is 15.2. The van der Waals surface area contributed by atoms with Gasteiger partial charge in [-0.15, -0.1) is 10.2 Å². The van der Waals surface area contributed by atoms with E-state index in [4.69, 9.17) is 0 Å². The molecule has 0 radical (unpaired) electrons. The molecule has 5 heteroatoms. The molecule has 0 saturated heterocycles. The number of rotatable bonds is 4. The van der Waals surface area contributed by atoms with Crippen LogP contribution in [0.2, 0.25) is 0 Å². The summed E-state index contributed by atoms with van der Waals surface area (Å²) in [6.45, 7) is 4.14. The highest BCUT2D eigenvalue weighted by molar-refractivity contribution is 7.15. The second kappa shape index (κ2) is 6.57. The lowest BCUT2D eigenvalue weighted by molar-refractivity contribution is -0.115. The number of amides is 1. The van der Waals surface area contributed by atoms with Crippen molar-refractivity contribution in [2.45, 2.75) is 51.9 Å². The van der Waals surface area contributed by atoms with Crippen LogP contribution in [0.25, 0.3) is 0 Å². The Bertz CT molecular complexity index is 678. The quantitative estimate of drug-likeness (QED) is 0.935. The van der Waals surface area contributed by atoms with E-state index in [9.17, 15) is 4.79 Å². The third-order valence-corrected chi connectivity index (χ3v) is 5.10. The lowest BCUT2D eigenvalue weighted by atomic mass is 9.90. The van der Waals surface area contributed by atoms with Crippen LogP contribution in [0.3, 0.4) is 0 Å². The predicted molar refractivity (Wildman–Crippen MR) is 89.4 cm³/mol. The van der Waals surface area contributed by atoms with Gasteiger partial charge in [-0.2, -0.15) is 0 Å². The number of aryl methyl sites for hydroxylation is 2. The maximum atomic E-state index is 12.2. The molecule has 0 bridgehead atoms. The molecule has 1 amide bonds. The van der Waals surface area contributed by atoms with E-state index < -0.39 is 0 Å². The molecule has 3 rings (SSSR count). The number of carbonyl (C=O) groups excluding carboxylic acids is 1. The Morgan fingerprint density at radius 2 is 2.00 bits per heavy atom. The topological polar surface area (TPSA) is 54.9 Å². The van der Waals surface area contributed by atoms with Gasteiger partial charge in [0.25, 0.3) is 0 Å². The van der Waals surface area contributed by atoms with Crippen molar-refractivity contribution in [1.29, 1.82) is 0 Å². The third-order valence-electron chi connectivity index (χ3n) is 3.96. The number of hydrogen-bond acceptors (Lipinski definition) is 4. The monoisotopic (exact) mass is 315 g/mol. The largest absolute Gasteiger partial charge is 0.300 e. The number of benzene rings is 1. The van der Waals surface area contributed by atoms with Gasteiger partial charge in [-0.05, 0) is 42.4 Å². The van der Waals surface area contributed by atoms with Crippen LogP contribution in [0.1, 0.15) is 54.3 Å². The van der Waals surface area contributed by atoms with Gasteiger partial charge in [-0.3, -0.25) is 4.79 Å². The Kier molecular flexibility index (Phi) is 4.52. The first-order valence-corrected chi connectivity index (χ1v) is 8.67. The minimum Gasteiger partial charge on any atom is -0.300 e. The second-order valence-electron chi connectivity index (χ2n) is 6.14. The number of nitrogens with zero attached hydrogens (tertiary/aromatic N) is 2. The van der Waals surface area contributed by atoms with E-state index in [1.54, 1.807) is 0 Å². The summed E-state index contributed by atoms with van der Waals surface area (Å²) in [5.74, 6) is 0.311. The number of nitrogens with one attached hydrogen (secondary N) is 1. The van der Waals surface area contributed by atoms with E-state index in [0.29, 0.717) is 17.5 Å². The molecule has 1 heterocycles. The number of anilines is 1. The van der Waals surface area contributed by atoms with Crippen molar-refractivity contribution in [3.8, 4) is 0 Å². The molecule has 1 aliphatic rings. The molecular weight excluding hydrogens is 294 g/mol. The van der Waals surface area contributed by atoms with Gasteiger partial charge >= 0.3 is 0 Å². The van der Waals surface area contributed by atoms with Gasteiger partial charge < -0.3 is 5.32 Å². The normalized spacial score (nSPS) is 14.0. The molecular formula is C17H21N3OS. The molecule has 1 aromatic heterocycles. The Hall–Kier alpha value is -1.75. The van der Waals surface area contributed by atoms with Gasteiger partial charge in [0.2, 0.25) is 11.0 Å². The van der Waals surface area contributed by atoms with E-state index in [1.165, 1.54) is 41.7 Å². The molecule has 0 unspecified atom stereocenters. The molecule has 1 aromatic carbocycles. The minimum atomic E-state index is -0.0257. The number of carbonyl (C=O) groups is 1. The number of hydrogen-bond donors (Lipinski definition) is 1. The fraction of sp³-hybridized carbons (Fsp3) is 0.471. The maximum absolute atomic E-state index is 12.2. The highest BCUT2D eigenvalue weighted by atomic mass is 32.1. The molecule has 0 aliphatic heterocycles. The van der Waals surface area contributed by atoms with Crippen LogP contribution in [0, 0.1) is 0 Å². The van der Waals surface area contributed by atoms with Gasteiger partial charge in [0.1, 0.15) is 5.01 Å².